The smallest absolute Gasteiger partial charge is 0.418 e. The van der Waals surface area contributed by atoms with E-state index < -0.39 is 47.0 Å². The maximum absolute atomic E-state index is 12.8. The Morgan fingerprint density at radius 3 is 2.38 bits per heavy atom. The number of aromatic nitrogens is 1. The lowest BCUT2D eigenvalue weighted by atomic mass is 10.1. The second-order valence-corrected chi connectivity index (χ2v) is 4.40. The van der Waals surface area contributed by atoms with Gasteiger partial charge in [0.25, 0.3) is 0 Å². The first-order valence-corrected chi connectivity index (χ1v) is 5.82. The van der Waals surface area contributed by atoms with Crippen molar-refractivity contribution in [1.29, 1.82) is 0 Å². The van der Waals surface area contributed by atoms with Gasteiger partial charge >= 0.3 is 18.2 Å². The van der Waals surface area contributed by atoms with Gasteiger partial charge in [-0.2, -0.15) is 13.2 Å². The average molecular weight is 306 g/mol. The lowest BCUT2D eigenvalue weighted by molar-refractivity contribution is -0.138. The number of rotatable bonds is 3. The molecule has 0 spiro atoms. The normalized spacial score (nSPS) is 11.4. The number of nitrogens with one attached hydrogen (secondary N) is 1. The number of alkyl halides is 3. The molecule has 2 N–H and O–H groups in total. The third kappa shape index (κ3) is 4.33. The van der Waals surface area contributed by atoms with Crippen molar-refractivity contribution in [2.45, 2.75) is 33.1 Å². The minimum absolute atomic E-state index is 0.498. The van der Waals surface area contributed by atoms with E-state index in [1.165, 1.54) is 13.8 Å². The Kier molecular flexibility index (Phi) is 4.77. The lowest BCUT2D eigenvalue weighted by Crippen LogP contribution is -2.21. The van der Waals surface area contributed by atoms with E-state index in [1.807, 2.05) is 5.32 Å². The number of carbonyl (C=O) groups is 2. The maximum atomic E-state index is 12.8. The van der Waals surface area contributed by atoms with Crippen LogP contribution in [-0.2, 0) is 10.9 Å². The summed E-state index contributed by atoms with van der Waals surface area (Å²) in [7, 11) is 0. The van der Waals surface area contributed by atoms with Gasteiger partial charge in [-0.1, -0.05) is 0 Å². The summed E-state index contributed by atoms with van der Waals surface area (Å²) < 4.78 is 43.0. The number of pyridine rings is 1. The minimum Gasteiger partial charge on any atom is -0.476 e. The quantitative estimate of drug-likeness (QED) is 0.896. The van der Waals surface area contributed by atoms with Gasteiger partial charge in [-0.15, -0.1) is 0 Å². The van der Waals surface area contributed by atoms with E-state index in [4.69, 9.17) is 9.84 Å². The first kappa shape index (κ1) is 16.7. The lowest BCUT2D eigenvalue weighted by Gasteiger charge is -2.15. The van der Waals surface area contributed by atoms with Gasteiger partial charge in [0.05, 0.1) is 23.0 Å². The molecule has 0 fully saturated rings. The zero-order chi connectivity index (χ0) is 16.4. The summed E-state index contributed by atoms with van der Waals surface area (Å²) in [6.45, 7) is 4.10. The summed E-state index contributed by atoms with van der Waals surface area (Å²) in [5.74, 6) is -1.56. The molecule has 0 saturated carbocycles. The molecule has 0 aliphatic carbocycles. The number of halogens is 3. The predicted molar refractivity (Wildman–Crippen MR) is 66.2 cm³/mol. The number of hydrogen-bond acceptors (Lipinski definition) is 4. The molecule has 1 heterocycles. The number of carbonyl (C=O) groups excluding carboxylic acids is 1. The van der Waals surface area contributed by atoms with Gasteiger partial charge in [0.2, 0.25) is 0 Å². The highest BCUT2D eigenvalue weighted by molar-refractivity contribution is 5.97. The highest BCUT2D eigenvalue weighted by Gasteiger charge is 2.35. The van der Waals surface area contributed by atoms with Crippen LogP contribution in [0.15, 0.2) is 6.07 Å². The van der Waals surface area contributed by atoms with Gasteiger partial charge in [-0.05, 0) is 26.8 Å². The second-order valence-electron chi connectivity index (χ2n) is 4.40. The van der Waals surface area contributed by atoms with Crippen LogP contribution in [0.4, 0.5) is 23.7 Å². The first-order chi connectivity index (χ1) is 9.52. The fraction of sp³-hybridized carbons (Fsp3) is 0.417. The Morgan fingerprint density at radius 2 is 1.95 bits per heavy atom. The highest BCUT2D eigenvalue weighted by Crippen LogP contribution is 2.33. The van der Waals surface area contributed by atoms with E-state index in [9.17, 15) is 22.8 Å². The zero-order valence-corrected chi connectivity index (χ0v) is 11.4. The molecule has 1 aromatic heterocycles. The van der Waals surface area contributed by atoms with Crippen molar-refractivity contribution in [3.8, 4) is 0 Å². The summed E-state index contributed by atoms with van der Waals surface area (Å²) in [6, 6.07) is 0.521. The summed E-state index contributed by atoms with van der Waals surface area (Å²) >= 11 is 0. The highest BCUT2D eigenvalue weighted by atomic mass is 19.4. The Balaban J connectivity index is 3.27. The molecule has 0 aromatic carbocycles. The van der Waals surface area contributed by atoms with Crippen molar-refractivity contribution in [3.63, 3.8) is 0 Å². The molecule has 0 bridgehead atoms. The Labute approximate surface area is 117 Å². The zero-order valence-electron chi connectivity index (χ0n) is 11.4. The molecule has 21 heavy (non-hydrogen) atoms. The van der Waals surface area contributed by atoms with Crippen molar-refractivity contribution in [2.24, 2.45) is 0 Å². The van der Waals surface area contributed by atoms with E-state index in [0.29, 0.717) is 6.07 Å². The second kappa shape index (κ2) is 5.98. The van der Waals surface area contributed by atoms with Crippen LogP contribution < -0.4 is 5.32 Å². The molecule has 0 atom stereocenters. The van der Waals surface area contributed by atoms with Crippen molar-refractivity contribution >= 4 is 17.7 Å². The van der Waals surface area contributed by atoms with Crippen LogP contribution in [0.5, 0.6) is 0 Å². The van der Waals surface area contributed by atoms with E-state index in [1.54, 1.807) is 0 Å². The fourth-order valence-corrected chi connectivity index (χ4v) is 1.50. The minimum atomic E-state index is -4.72. The van der Waals surface area contributed by atoms with Crippen LogP contribution in [-0.4, -0.2) is 28.3 Å². The molecule has 9 heteroatoms. The van der Waals surface area contributed by atoms with Crippen LogP contribution in [0.3, 0.4) is 0 Å². The fourth-order valence-electron chi connectivity index (χ4n) is 1.50. The van der Waals surface area contributed by atoms with Crippen LogP contribution in [0, 0.1) is 6.92 Å². The number of anilines is 1. The van der Waals surface area contributed by atoms with Gasteiger partial charge in [-0.25, -0.2) is 14.6 Å². The number of carboxylic acids is 1. The largest absolute Gasteiger partial charge is 0.476 e. The third-order valence-electron chi connectivity index (χ3n) is 2.30. The number of ether oxygens (including phenoxy) is 1. The number of amides is 1. The van der Waals surface area contributed by atoms with Gasteiger partial charge in [0.1, 0.15) is 0 Å². The van der Waals surface area contributed by atoms with E-state index >= 15 is 0 Å². The summed E-state index contributed by atoms with van der Waals surface area (Å²) in [6.07, 6.45) is -6.29. The first-order valence-electron chi connectivity index (χ1n) is 5.82. The molecular formula is C12H13F3N2O4. The van der Waals surface area contributed by atoms with Crippen LogP contribution in [0.1, 0.15) is 35.6 Å². The number of aryl methyl sites for hydroxylation is 1. The number of aromatic carboxylic acids is 1. The van der Waals surface area contributed by atoms with Gasteiger partial charge < -0.3 is 9.84 Å². The van der Waals surface area contributed by atoms with Gasteiger partial charge in [-0.3, -0.25) is 5.32 Å². The van der Waals surface area contributed by atoms with E-state index in [0.717, 1.165) is 6.92 Å². The molecule has 1 aromatic rings. The molecule has 0 aliphatic rings. The van der Waals surface area contributed by atoms with Gasteiger partial charge in [0, 0.05) is 0 Å². The molecule has 0 radical (unpaired) electrons. The Morgan fingerprint density at radius 1 is 1.38 bits per heavy atom. The maximum Gasteiger partial charge on any atom is 0.418 e. The molecule has 1 amide bonds. The van der Waals surface area contributed by atoms with E-state index in [-0.39, 0.29) is 0 Å². The number of nitrogens with zero attached hydrogens (tertiary/aromatic N) is 1. The SMILES string of the molecule is Cc1nc(C(=O)O)c(NC(=O)OC(C)C)cc1C(F)(F)F. The molecule has 0 saturated heterocycles. The molecular weight excluding hydrogens is 293 g/mol. The van der Waals surface area contributed by atoms with Crippen molar-refractivity contribution in [3.05, 3.63) is 23.0 Å². The van der Waals surface area contributed by atoms with Gasteiger partial charge in [0.15, 0.2) is 5.69 Å². The van der Waals surface area contributed by atoms with Crippen molar-refractivity contribution in [1.82, 2.24) is 4.98 Å². The van der Waals surface area contributed by atoms with E-state index in [2.05, 4.69) is 4.98 Å². The standard InChI is InChI=1S/C12H13F3N2O4/c1-5(2)21-11(20)17-8-4-7(12(13,14)15)6(3)16-9(8)10(18)19/h4-5H,1-3H3,(H,17,20)(H,18,19). The molecule has 0 unspecified atom stereocenters. The predicted octanol–water partition coefficient (Wildman–Crippen LogP) is 3.06. The number of carboxylic acid groups (broad SMARTS) is 1. The monoisotopic (exact) mass is 306 g/mol. The topological polar surface area (TPSA) is 88.5 Å². The molecule has 6 nitrogen and oxygen atoms in total. The Bertz CT molecular complexity index is 570. The van der Waals surface area contributed by atoms with Crippen molar-refractivity contribution < 1.29 is 32.6 Å². The van der Waals surface area contributed by atoms with Crippen LogP contribution in [0.2, 0.25) is 0 Å². The molecule has 1 rings (SSSR count). The molecule has 116 valence electrons. The van der Waals surface area contributed by atoms with Crippen LogP contribution >= 0.6 is 0 Å². The third-order valence-corrected chi connectivity index (χ3v) is 2.30. The Hall–Kier alpha value is -2.32. The summed E-state index contributed by atoms with van der Waals surface area (Å²) in [4.78, 5) is 25.8. The number of hydrogen-bond donors (Lipinski definition) is 2. The van der Waals surface area contributed by atoms with Crippen molar-refractivity contribution in [2.75, 3.05) is 5.32 Å². The molecule has 0 aliphatic heterocycles. The average Bonchev–Trinajstić information content (AvgIpc) is 2.27. The summed E-state index contributed by atoms with van der Waals surface area (Å²) in [5, 5.41) is 10.9. The summed E-state index contributed by atoms with van der Waals surface area (Å²) in [5.41, 5.74) is -2.90. The van der Waals surface area contributed by atoms with Crippen LogP contribution in [0.25, 0.3) is 0 Å².